The lowest BCUT2D eigenvalue weighted by Gasteiger charge is -2.02. The van der Waals surface area contributed by atoms with Crippen LogP contribution in [0.15, 0.2) is 42.7 Å². The highest BCUT2D eigenvalue weighted by molar-refractivity contribution is 5.85. The normalized spacial score (nSPS) is 9.94. The molecule has 0 amide bonds. The summed E-state index contributed by atoms with van der Waals surface area (Å²) >= 11 is 0. The van der Waals surface area contributed by atoms with E-state index in [2.05, 4.69) is 34.7 Å². The van der Waals surface area contributed by atoms with Gasteiger partial charge in [0, 0.05) is 25.4 Å². The summed E-state index contributed by atoms with van der Waals surface area (Å²) in [6, 6.07) is 10.5. The molecule has 1 heterocycles. The Balaban J connectivity index is 0.00000144. The molecule has 0 aliphatic heterocycles. The summed E-state index contributed by atoms with van der Waals surface area (Å²) in [6.07, 6.45) is 5.01. The molecule has 0 radical (unpaired) electrons. The van der Waals surface area contributed by atoms with E-state index in [1.807, 2.05) is 30.2 Å². The van der Waals surface area contributed by atoms with E-state index >= 15 is 0 Å². The van der Waals surface area contributed by atoms with Crippen molar-refractivity contribution >= 4 is 12.4 Å². The van der Waals surface area contributed by atoms with Crippen LogP contribution in [0.5, 0.6) is 0 Å². The second-order valence-corrected chi connectivity index (χ2v) is 3.93. The summed E-state index contributed by atoms with van der Waals surface area (Å²) < 4.78 is 1.83. The fourth-order valence-electron chi connectivity index (χ4n) is 1.67. The van der Waals surface area contributed by atoms with Crippen LogP contribution < -0.4 is 5.32 Å². The zero-order valence-corrected chi connectivity index (χ0v) is 10.8. The van der Waals surface area contributed by atoms with Crippen molar-refractivity contribution in [1.29, 1.82) is 0 Å². The molecule has 1 aromatic heterocycles. The number of nitrogens with zero attached hydrogens (tertiary/aromatic N) is 2. The number of aromatic nitrogens is 2. The number of aryl methyl sites for hydroxylation is 1. The molecular weight excluding hydrogens is 234 g/mol. The van der Waals surface area contributed by atoms with Gasteiger partial charge in [-0.3, -0.25) is 4.68 Å². The molecule has 92 valence electrons. The Labute approximate surface area is 108 Å². The molecule has 0 spiro atoms. The Kier molecular flexibility index (Phi) is 5.73. The third-order valence-corrected chi connectivity index (χ3v) is 2.52. The van der Waals surface area contributed by atoms with Crippen LogP contribution in [-0.2, 0) is 20.0 Å². The van der Waals surface area contributed by atoms with Gasteiger partial charge < -0.3 is 5.32 Å². The average Bonchev–Trinajstić information content (AvgIpc) is 2.72. The van der Waals surface area contributed by atoms with Gasteiger partial charge in [-0.1, -0.05) is 30.3 Å². The third-order valence-electron chi connectivity index (χ3n) is 2.52. The predicted octanol–water partition coefficient (Wildman–Crippen LogP) is 2.17. The maximum atomic E-state index is 4.13. The summed E-state index contributed by atoms with van der Waals surface area (Å²) in [4.78, 5) is 0. The van der Waals surface area contributed by atoms with Gasteiger partial charge in [-0.15, -0.1) is 12.4 Å². The smallest absolute Gasteiger partial charge is 0.0534 e. The monoisotopic (exact) mass is 251 g/mol. The molecule has 0 saturated carbocycles. The van der Waals surface area contributed by atoms with Crippen LogP contribution in [0.4, 0.5) is 0 Å². The zero-order chi connectivity index (χ0) is 11.2. The standard InChI is InChI=1S/C13H17N3.ClH/c1-16-11-13(10-15-16)9-14-8-7-12-5-3-2-4-6-12;/h2-6,10-11,14H,7-9H2,1H3;1H. The van der Waals surface area contributed by atoms with Gasteiger partial charge in [-0.05, 0) is 18.5 Å². The Hall–Kier alpha value is -1.32. The minimum atomic E-state index is 0. The molecule has 17 heavy (non-hydrogen) atoms. The molecule has 0 aliphatic carbocycles. The molecule has 0 saturated heterocycles. The fraction of sp³-hybridized carbons (Fsp3) is 0.308. The van der Waals surface area contributed by atoms with Crippen LogP contribution in [0.2, 0.25) is 0 Å². The van der Waals surface area contributed by atoms with E-state index in [0.29, 0.717) is 0 Å². The quantitative estimate of drug-likeness (QED) is 0.826. The molecule has 1 N–H and O–H groups in total. The molecule has 0 fully saturated rings. The second-order valence-electron chi connectivity index (χ2n) is 3.93. The first-order valence-electron chi connectivity index (χ1n) is 5.57. The van der Waals surface area contributed by atoms with Gasteiger partial charge in [0.05, 0.1) is 6.20 Å². The van der Waals surface area contributed by atoms with Crippen LogP contribution in [0.25, 0.3) is 0 Å². The van der Waals surface area contributed by atoms with Crippen LogP contribution >= 0.6 is 12.4 Å². The van der Waals surface area contributed by atoms with Crippen molar-refractivity contribution in [2.24, 2.45) is 7.05 Å². The molecule has 1 aromatic carbocycles. The third kappa shape index (κ3) is 4.59. The van der Waals surface area contributed by atoms with Crippen molar-refractivity contribution in [2.45, 2.75) is 13.0 Å². The summed E-state index contributed by atoms with van der Waals surface area (Å²) in [5, 5.41) is 7.54. The minimum Gasteiger partial charge on any atom is -0.312 e. The van der Waals surface area contributed by atoms with E-state index < -0.39 is 0 Å². The number of benzene rings is 1. The van der Waals surface area contributed by atoms with Gasteiger partial charge >= 0.3 is 0 Å². The number of hydrogen-bond donors (Lipinski definition) is 1. The van der Waals surface area contributed by atoms with Crippen molar-refractivity contribution < 1.29 is 0 Å². The zero-order valence-electron chi connectivity index (χ0n) is 9.97. The van der Waals surface area contributed by atoms with Gasteiger partial charge in [0.1, 0.15) is 0 Å². The first-order valence-corrected chi connectivity index (χ1v) is 5.57. The molecule has 0 bridgehead atoms. The molecule has 2 rings (SSSR count). The molecular formula is C13H18ClN3. The predicted molar refractivity (Wildman–Crippen MR) is 72.3 cm³/mol. The van der Waals surface area contributed by atoms with Gasteiger partial charge in [-0.25, -0.2) is 0 Å². The summed E-state index contributed by atoms with van der Waals surface area (Å²) in [5.74, 6) is 0. The second kappa shape index (κ2) is 7.09. The molecule has 0 aliphatic rings. The topological polar surface area (TPSA) is 29.9 Å². The van der Waals surface area contributed by atoms with Crippen molar-refractivity contribution in [3.05, 3.63) is 53.9 Å². The number of rotatable bonds is 5. The van der Waals surface area contributed by atoms with Gasteiger partial charge in [0.25, 0.3) is 0 Å². The highest BCUT2D eigenvalue weighted by Crippen LogP contribution is 1.99. The highest BCUT2D eigenvalue weighted by Gasteiger charge is 1.95. The van der Waals surface area contributed by atoms with Crippen molar-refractivity contribution in [3.8, 4) is 0 Å². The molecule has 3 nitrogen and oxygen atoms in total. The first kappa shape index (κ1) is 13.7. The van der Waals surface area contributed by atoms with Gasteiger partial charge in [0.2, 0.25) is 0 Å². The Morgan fingerprint density at radius 2 is 1.94 bits per heavy atom. The van der Waals surface area contributed by atoms with Crippen molar-refractivity contribution in [3.63, 3.8) is 0 Å². The lowest BCUT2D eigenvalue weighted by atomic mass is 10.1. The average molecular weight is 252 g/mol. The van der Waals surface area contributed by atoms with E-state index in [0.717, 1.165) is 19.5 Å². The van der Waals surface area contributed by atoms with Gasteiger partial charge in [-0.2, -0.15) is 5.10 Å². The summed E-state index contributed by atoms with van der Waals surface area (Å²) in [6.45, 7) is 1.89. The van der Waals surface area contributed by atoms with Crippen LogP contribution in [-0.4, -0.2) is 16.3 Å². The van der Waals surface area contributed by atoms with Crippen molar-refractivity contribution in [2.75, 3.05) is 6.54 Å². The largest absolute Gasteiger partial charge is 0.312 e. The molecule has 2 aromatic rings. The van der Waals surface area contributed by atoms with Crippen molar-refractivity contribution in [1.82, 2.24) is 15.1 Å². The fourth-order valence-corrected chi connectivity index (χ4v) is 1.67. The number of nitrogens with one attached hydrogen (secondary N) is 1. The molecule has 4 heteroatoms. The van der Waals surface area contributed by atoms with E-state index in [1.165, 1.54) is 11.1 Å². The first-order chi connectivity index (χ1) is 7.84. The van der Waals surface area contributed by atoms with E-state index in [9.17, 15) is 0 Å². The molecule has 0 unspecified atom stereocenters. The minimum absolute atomic E-state index is 0. The summed E-state index contributed by atoms with van der Waals surface area (Å²) in [7, 11) is 1.94. The maximum absolute atomic E-state index is 4.13. The van der Waals surface area contributed by atoms with Crippen LogP contribution in [0, 0.1) is 0 Å². The van der Waals surface area contributed by atoms with Crippen LogP contribution in [0.1, 0.15) is 11.1 Å². The highest BCUT2D eigenvalue weighted by atomic mass is 35.5. The summed E-state index contributed by atoms with van der Waals surface area (Å²) in [5.41, 5.74) is 2.61. The van der Waals surface area contributed by atoms with E-state index in [-0.39, 0.29) is 12.4 Å². The van der Waals surface area contributed by atoms with Gasteiger partial charge in [0.15, 0.2) is 0 Å². The van der Waals surface area contributed by atoms with E-state index in [1.54, 1.807) is 0 Å². The van der Waals surface area contributed by atoms with E-state index in [4.69, 9.17) is 0 Å². The number of hydrogen-bond acceptors (Lipinski definition) is 2. The SMILES string of the molecule is Cl.Cn1cc(CNCCc2ccccc2)cn1. The number of halogens is 1. The Morgan fingerprint density at radius 3 is 2.59 bits per heavy atom. The lowest BCUT2D eigenvalue weighted by Crippen LogP contribution is -2.16. The van der Waals surface area contributed by atoms with Crippen LogP contribution in [0.3, 0.4) is 0 Å². The maximum Gasteiger partial charge on any atom is 0.0534 e. The Morgan fingerprint density at radius 1 is 1.18 bits per heavy atom. The lowest BCUT2D eigenvalue weighted by molar-refractivity contribution is 0.685. The Bertz CT molecular complexity index is 425. The molecule has 0 atom stereocenters.